The molecule has 0 unspecified atom stereocenters. The van der Waals surface area contributed by atoms with Gasteiger partial charge in [0.25, 0.3) is 0 Å². The van der Waals surface area contributed by atoms with E-state index in [1.54, 1.807) is 0 Å². The zero-order valence-corrected chi connectivity index (χ0v) is 11.0. The molecule has 0 aromatic heterocycles. The van der Waals surface area contributed by atoms with E-state index in [0.717, 1.165) is 19.3 Å². The molecule has 2 heteroatoms. The lowest BCUT2D eigenvalue weighted by molar-refractivity contribution is 0.156. The summed E-state index contributed by atoms with van der Waals surface area (Å²) >= 11 is 0. The Morgan fingerprint density at radius 3 is 1.62 bits per heavy atom. The number of rotatable bonds is 12. The number of hydrogen-bond acceptors (Lipinski definition) is 2. The quantitative estimate of drug-likeness (QED) is 0.502. The van der Waals surface area contributed by atoms with E-state index in [0.29, 0.717) is 6.61 Å². The summed E-state index contributed by atoms with van der Waals surface area (Å²) in [5.41, 5.74) is 0. The average molecular weight is 230 g/mol. The molecule has 0 aliphatic heterocycles. The van der Waals surface area contributed by atoms with Crippen molar-refractivity contribution in [3.63, 3.8) is 0 Å². The van der Waals surface area contributed by atoms with Crippen LogP contribution in [-0.2, 0) is 0 Å². The standard InChI is InChI=1S/C14H30O2/c1-2-14(16)12-10-8-6-4-3-5-7-9-11-13-15/h14-16H,2-13H2,1H3/t14-/m1/s1. The minimum Gasteiger partial charge on any atom is -0.396 e. The normalized spacial score (nSPS) is 12.9. The summed E-state index contributed by atoms with van der Waals surface area (Å²) in [6, 6.07) is 0. The smallest absolute Gasteiger partial charge is 0.0537 e. The maximum Gasteiger partial charge on any atom is 0.0537 e. The van der Waals surface area contributed by atoms with E-state index in [4.69, 9.17) is 5.11 Å². The van der Waals surface area contributed by atoms with Gasteiger partial charge in [-0.15, -0.1) is 0 Å². The molecule has 0 aliphatic carbocycles. The maximum atomic E-state index is 9.36. The van der Waals surface area contributed by atoms with Gasteiger partial charge >= 0.3 is 0 Å². The molecule has 0 bridgehead atoms. The zero-order valence-electron chi connectivity index (χ0n) is 11.0. The topological polar surface area (TPSA) is 40.5 Å². The van der Waals surface area contributed by atoms with Crippen molar-refractivity contribution in [3.8, 4) is 0 Å². The molecule has 1 atom stereocenters. The molecule has 0 aromatic rings. The molecule has 0 heterocycles. The lowest BCUT2D eigenvalue weighted by Gasteiger charge is -2.06. The summed E-state index contributed by atoms with van der Waals surface area (Å²) in [7, 11) is 0. The molecule has 0 spiro atoms. The van der Waals surface area contributed by atoms with Crippen LogP contribution < -0.4 is 0 Å². The third-order valence-electron chi connectivity index (χ3n) is 3.17. The molecule has 2 nitrogen and oxygen atoms in total. The fourth-order valence-electron chi connectivity index (χ4n) is 1.93. The van der Waals surface area contributed by atoms with Gasteiger partial charge in [-0.3, -0.25) is 0 Å². The highest BCUT2D eigenvalue weighted by Gasteiger charge is 1.99. The van der Waals surface area contributed by atoms with Crippen LogP contribution in [0.1, 0.15) is 77.6 Å². The van der Waals surface area contributed by atoms with E-state index in [2.05, 4.69) is 0 Å². The van der Waals surface area contributed by atoms with Crippen molar-refractivity contribution in [3.05, 3.63) is 0 Å². The van der Waals surface area contributed by atoms with Crippen molar-refractivity contribution in [2.75, 3.05) is 6.61 Å². The van der Waals surface area contributed by atoms with Gasteiger partial charge in [0.15, 0.2) is 0 Å². The predicted octanol–water partition coefficient (Wildman–Crippen LogP) is 3.65. The summed E-state index contributed by atoms with van der Waals surface area (Å²) in [5.74, 6) is 0. The van der Waals surface area contributed by atoms with Crippen LogP contribution in [0.5, 0.6) is 0 Å². The fourth-order valence-corrected chi connectivity index (χ4v) is 1.93. The molecule has 16 heavy (non-hydrogen) atoms. The molecule has 0 saturated heterocycles. The van der Waals surface area contributed by atoms with Crippen LogP contribution in [0, 0.1) is 0 Å². The van der Waals surface area contributed by atoms with Gasteiger partial charge in [0, 0.05) is 6.61 Å². The van der Waals surface area contributed by atoms with Gasteiger partial charge in [-0.1, -0.05) is 58.3 Å². The summed E-state index contributed by atoms with van der Waals surface area (Å²) in [6.07, 6.45) is 13.0. The Morgan fingerprint density at radius 2 is 1.19 bits per heavy atom. The average Bonchev–Trinajstić information content (AvgIpc) is 2.31. The fraction of sp³-hybridized carbons (Fsp3) is 1.00. The highest BCUT2D eigenvalue weighted by Crippen LogP contribution is 2.11. The van der Waals surface area contributed by atoms with Crippen molar-refractivity contribution in [1.82, 2.24) is 0 Å². The van der Waals surface area contributed by atoms with E-state index in [-0.39, 0.29) is 6.10 Å². The highest BCUT2D eigenvalue weighted by molar-refractivity contribution is 4.53. The van der Waals surface area contributed by atoms with Crippen LogP contribution in [0.4, 0.5) is 0 Å². The van der Waals surface area contributed by atoms with Crippen LogP contribution in [0.2, 0.25) is 0 Å². The lowest BCUT2D eigenvalue weighted by atomic mass is 10.0. The molecular weight excluding hydrogens is 200 g/mol. The van der Waals surface area contributed by atoms with Gasteiger partial charge in [0.05, 0.1) is 6.10 Å². The highest BCUT2D eigenvalue weighted by atomic mass is 16.3. The van der Waals surface area contributed by atoms with Gasteiger partial charge in [-0.05, 0) is 19.3 Å². The molecule has 98 valence electrons. The number of hydrogen-bond donors (Lipinski definition) is 2. The second-order valence-corrected chi connectivity index (χ2v) is 4.76. The molecule has 0 aromatic carbocycles. The Morgan fingerprint density at radius 1 is 0.750 bits per heavy atom. The summed E-state index contributed by atoms with van der Waals surface area (Å²) in [4.78, 5) is 0. The molecule has 0 amide bonds. The van der Waals surface area contributed by atoms with Crippen LogP contribution in [0.3, 0.4) is 0 Å². The molecule has 0 aliphatic rings. The van der Waals surface area contributed by atoms with Crippen LogP contribution in [0.25, 0.3) is 0 Å². The molecule has 0 rings (SSSR count). The van der Waals surface area contributed by atoms with Crippen LogP contribution in [-0.4, -0.2) is 22.9 Å². The second-order valence-electron chi connectivity index (χ2n) is 4.76. The minimum absolute atomic E-state index is 0.0709. The number of aliphatic hydroxyl groups excluding tert-OH is 2. The van der Waals surface area contributed by atoms with E-state index in [1.165, 1.54) is 51.4 Å². The molecule has 0 radical (unpaired) electrons. The third-order valence-corrected chi connectivity index (χ3v) is 3.17. The maximum absolute atomic E-state index is 9.36. The van der Waals surface area contributed by atoms with E-state index in [1.807, 2.05) is 6.92 Å². The Labute approximate surface area is 101 Å². The van der Waals surface area contributed by atoms with Crippen molar-refractivity contribution in [1.29, 1.82) is 0 Å². The summed E-state index contributed by atoms with van der Waals surface area (Å²) in [5, 5.41) is 18.0. The zero-order chi connectivity index (χ0) is 12.1. The summed E-state index contributed by atoms with van der Waals surface area (Å²) < 4.78 is 0. The Kier molecular flexibility index (Phi) is 12.9. The second kappa shape index (κ2) is 13.0. The Hall–Kier alpha value is -0.0800. The monoisotopic (exact) mass is 230 g/mol. The van der Waals surface area contributed by atoms with Gasteiger partial charge in [0.1, 0.15) is 0 Å². The van der Waals surface area contributed by atoms with Crippen molar-refractivity contribution in [2.24, 2.45) is 0 Å². The van der Waals surface area contributed by atoms with Gasteiger partial charge in [-0.2, -0.15) is 0 Å². The molecular formula is C14H30O2. The van der Waals surface area contributed by atoms with Gasteiger partial charge < -0.3 is 10.2 Å². The largest absolute Gasteiger partial charge is 0.396 e. The predicted molar refractivity (Wildman–Crippen MR) is 69.6 cm³/mol. The SMILES string of the molecule is CC[C@@H](O)CCCCCCCCCCCO. The number of unbranched alkanes of at least 4 members (excludes halogenated alkanes) is 8. The molecule has 0 fully saturated rings. The lowest BCUT2D eigenvalue weighted by Crippen LogP contribution is -2.03. The van der Waals surface area contributed by atoms with Crippen molar-refractivity contribution in [2.45, 2.75) is 83.7 Å². The molecule has 2 N–H and O–H groups in total. The van der Waals surface area contributed by atoms with Gasteiger partial charge in [-0.25, -0.2) is 0 Å². The van der Waals surface area contributed by atoms with Crippen molar-refractivity contribution < 1.29 is 10.2 Å². The Bertz CT molecular complexity index is 126. The molecule has 0 saturated carbocycles. The minimum atomic E-state index is -0.0709. The van der Waals surface area contributed by atoms with E-state index < -0.39 is 0 Å². The van der Waals surface area contributed by atoms with Crippen LogP contribution >= 0.6 is 0 Å². The van der Waals surface area contributed by atoms with E-state index >= 15 is 0 Å². The number of aliphatic hydroxyl groups is 2. The first-order valence-electron chi connectivity index (χ1n) is 7.10. The van der Waals surface area contributed by atoms with E-state index in [9.17, 15) is 5.11 Å². The van der Waals surface area contributed by atoms with Crippen LogP contribution in [0.15, 0.2) is 0 Å². The first-order valence-corrected chi connectivity index (χ1v) is 7.10. The summed E-state index contributed by atoms with van der Waals surface area (Å²) in [6.45, 7) is 2.39. The Balaban J connectivity index is 2.93. The first-order chi connectivity index (χ1) is 7.81. The first kappa shape index (κ1) is 15.9. The van der Waals surface area contributed by atoms with Gasteiger partial charge in [0.2, 0.25) is 0 Å². The third kappa shape index (κ3) is 12.0. The van der Waals surface area contributed by atoms with Crippen molar-refractivity contribution >= 4 is 0 Å².